The van der Waals surface area contributed by atoms with Gasteiger partial charge in [0.25, 0.3) is 0 Å². The molecule has 1 fully saturated rings. The molecule has 82 valence electrons. The normalized spacial score (nSPS) is 16.7. The third-order valence-corrected chi connectivity index (χ3v) is 3.70. The van der Waals surface area contributed by atoms with Crippen molar-refractivity contribution in [1.82, 2.24) is 0 Å². The second-order valence-corrected chi connectivity index (χ2v) is 4.56. The quantitative estimate of drug-likeness (QED) is 0.774. The number of nitrogens with zero attached hydrogens (tertiary/aromatic N) is 1. The van der Waals surface area contributed by atoms with Gasteiger partial charge in [0, 0.05) is 20.0 Å². The number of carbonyl (C=O) groups is 1. The number of morpholine rings is 1. The monoisotopic (exact) mass is 226 g/mol. The molecule has 0 unspecified atom stereocenters. The van der Waals surface area contributed by atoms with Gasteiger partial charge in [-0.05, 0) is 6.07 Å². The van der Waals surface area contributed by atoms with Crippen LogP contribution in [0.2, 0.25) is 0 Å². The minimum absolute atomic E-state index is 0.0389. The molecule has 0 saturated carbocycles. The van der Waals surface area contributed by atoms with Crippen molar-refractivity contribution >= 4 is 27.8 Å². The van der Waals surface area contributed by atoms with Crippen LogP contribution in [-0.2, 0) is 4.74 Å². The number of hydrogen-bond donors (Lipinski definition) is 1. The third-order valence-electron chi connectivity index (χ3n) is 2.39. The summed E-state index contributed by atoms with van der Waals surface area (Å²) in [6.07, 6.45) is 0. The molecule has 0 spiro atoms. The predicted octanol–water partition coefficient (Wildman–Crippen LogP) is 1.37. The summed E-state index contributed by atoms with van der Waals surface area (Å²) in [5.41, 5.74) is 6.37. The van der Waals surface area contributed by atoms with Crippen molar-refractivity contribution in [3.8, 4) is 0 Å². The molecule has 1 aromatic heterocycles. The highest BCUT2D eigenvalue weighted by Crippen LogP contribution is 2.32. The Kier molecular flexibility index (Phi) is 2.93. The van der Waals surface area contributed by atoms with E-state index >= 15 is 0 Å². The Bertz CT molecular complexity index is 369. The van der Waals surface area contributed by atoms with Crippen LogP contribution in [0.5, 0.6) is 0 Å². The lowest BCUT2D eigenvalue weighted by Crippen LogP contribution is -2.35. The summed E-state index contributed by atoms with van der Waals surface area (Å²) in [6.45, 7) is 4.78. The summed E-state index contributed by atoms with van der Waals surface area (Å²) < 4.78 is 5.27. The minimum Gasteiger partial charge on any atom is -0.397 e. The molecule has 1 aliphatic rings. The van der Waals surface area contributed by atoms with Crippen molar-refractivity contribution in [2.75, 3.05) is 36.9 Å². The summed E-state index contributed by atoms with van der Waals surface area (Å²) >= 11 is 1.47. The van der Waals surface area contributed by atoms with Crippen LogP contribution in [-0.4, -0.2) is 32.1 Å². The Morgan fingerprint density at radius 1 is 1.53 bits per heavy atom. The van der Waals surface area contributed by atoms with E-state index in [9.17, 15) is 4.79 Å². The van der Waals surface area contributed by atoms with E-state index in [0.29, 0.717) is 10.6 Å². The largest absolute Gasteiger partial charge is 0.397 e. The molecule has 1 saturated heterocycles. The first-order chi connectivity index (χ1) is 7.18. The number of ketones is 1. The Balaban J connectivity index is 2.21. The molecule has 1 aliphatic heterocycles. The van der Waals surface area contributed by atoms with Gasteiger partial charge in [-0.3, -0.25) is 4.79 Å². The molecule has 2 heterocycles. The molecule has 2 N–H and O–H groups in total. The van der Waals surface area contributed by atoms with Gasteiger partial charge >= 0.3 is 0 Å². The number of carbonyl (C=O) groups excluding carboxylic acids is 1. The lowest BCUT2D eigenvalue weighted by Gasteiger charge is -2.27. The predicted molar refractivity (Wildman–Crippen MR) is 61.8 cm³/mol. The average Bonchev–Trinajstić information content (AvgIpc) is 2.62. The van der Waals surface area contributed by atoms with Gasteiger partial charge in [-0.1, -0.05) is 0 Å². The first-order valence-electron chi connectivity index (χ1n) is 4.91. The van der Waals surface area contributed by atoms with E-state index in [-0.39, 0.29) is 5.78 Å². The lowest BCUT2D eigenvalue weighted by atomic mass is 10.3. The molecule has 0 amide bonds. The van der Waals surface area contributed by atoms with Gasteiger partial charge < -0.3 is 15.4 Å². The van der Waals surface area contributed by atoms with Gasteiger partial charge in [0.05, 0.1) is 28.8 Å². The fraction of sp³-hybridized carbons (Fsp3) is 0.500. The second-order valence-electron chi connectivity index (χ2n) is 3.52. The van der Waals surface area contributed by atoms with Crippen LogP contribution in [0.4, 0.5) is 10.7 Å². The van der Waals surface area contributed by atoms with Crippen molar-refractivity contribution < 1.29 is 9.53 Å². The Hall–Kier alpha value is -1.07. The van der Waals surface area contributed by atoms with Gasteiger partial charge in [0.1, 0.15) is 0 Å². The first-order valence-corrected chi connectivity index (χ1v) is 5.73. The van der Waals surface area contributed by atoms with Crippen LogP contribution in [0.1, 0.15) is 16.6 Å². The van der Waals surface area contributed by atoms with E-state index < -0.39 is 0 Å². The SMILES string of the molecule is CC(=O)c1sc(N2CCOCC2)cc1N. The zero-order chi connectivity index (χ0) is 10.8. The molecule has 0 radical (unpaired) electrons. The van der Waals surface area contributed by atoms with E-state index in [0.717, 1.165) is 31.3 Å². The van der Waals surface area contributed by atoms with Crippen molar-refractivity contribution in [3.05, 3.63) is 10.9 Å². The van der Waals surface area contributed by atoms with E-state index in [2.05, 4.69) is 4.90 Å². The summed E-state index contributed by atoms with van der Waals surface area (Å²) in [6, 6.07) is 1.88. The van der Waals surface area contributed by atoms with Gasteiger partial charge in [-0.2, -0.15) is 0 Å². The molecule has 4 nitrogen and oxygen atoms in total. The number of nitrogen functional groups attached to an aromatic ring is 1. The summed E-state index contributed by atoms with van der Waals surface area (Å²) in [5, 5.41) is 1.07. The molecule has 1 aromatic rings. The number of hydrogen-bond acceptors (Lipinski definition) is 5. The molecule has 15 heavy (non-hydrogen) atoms. The number of rotatable bonds is 2. The van der Waals surface area contributed by atoms with E-state index in [1.807, 2.05) is 6.07 Å². The average molecular weight is 226 g/mol. The number of anilines is 2. The van der Waals surface area contributed by atoms with Crippen molar-refractivity contribution in [3.63, 3.8) is 0 Å². The molecule has 0 aromatic carbocycles. The van der Waals surface area contributed by atoms with Gasteiger partial charge in [-0.15, -0.1) is 11.3 Å². The number of Topliss-reactive ketones (excluding diaryl/α,β-unsaturated/α-hetero) is 1. The second kappa shape index (κ2) is 4.20. The standard InChI is InChI=1S/C10H14N2O2S/c1-7(13)10-8(11)6-9(15-10)12-2-4-14-5-3-12/h6H,2-5,11H2,1H3. The summed E-state index contributed by atoms with van der Waals surface area (Å²) in [4.78, 5) is 14.1. The molecule has 2 rings (SSSR count). The maximum Gasteiger partial charge on any atom is 0.171 e. The Labute approximate surface area is 92.6 Å². The van der Waals surface area contributed by atoms with Crippen molar-refractivity contribution in [2.45, 2.75) is 6.92 Å². The fourth-order valence-electron chi connectivity index (χ4n) is 1.61. The zero-order valence-corrected chi connectivity index (χ0v) is 9.47. The Morgan fingerprint density at radius 2 is 2.20 bits per heavy atom. The van der Waals surface area contributed by atoms with Gasteiger partial charge in [-0.25, -0.2) is 0 Å². The molecular weight excluding hydrogens is 212 g/mol. The molecule has 0 aliphatic carbocycles. The number of thiophene rings is 1. The van der Waals surface area contributed by atoms with Crippen LogP contribution in [0.15, 0.2) is 6.07 Å². The van der Waals surface area contributed by atoms with Gasteiger partial charge in [0.15, 0.2) is 5.78 Å². The highest BCUT2D eigenvalue weighted by atomic mass is 32.1. The van der Waals surface area contributed by atoms with E-state index in [4.69, 9.17) is 10.5 Å². The third kappa shape index (κ3) is 2.13. The van der Waals surface area contributed by atoms with E-state index in [1.165, 1.54) is 11.3 Å². The number of nitrogens with two attached hydrogens (primary N) is 1. The summed E-state index contributed by atoms with van der Waals surface area (Å²) in [5.74, 6) is 0.0389. The van der Waals surface area contributed by atoms with E-state index in [1.54, 1.807) is 6.92 Å². The number of ether oxygens (including phenoxy) is 1. The molecule has 0 bridgehead atoms. The van der Waals surface area contributed by atoms with Crippen molar-refractivity contribution in [1.29, 1.82) is 0 Å². The lowest BCUT2D eigenvalue weighted by molar-refractivity contribution is 0.102. The maximum atomic E-state index is 11.2. The highest BCUT2D eigenvalue weighted by molar-refractivity contribution is 7.18. The van der Waals surface area contributed by atoms with Crippen LogP contribution >= 0.6 is 11.3 Å². The molecular formula is C10H14N2O2S. The van der Waals surface area contributed by atoms with Crippen LogP contribution < -0.4 is 10.6 Å². The van der Waals surface area contributed by atoms with Crippen molar-refractivity contribution in [2.24, 2.45) is 0 Å². The molecule has 5 heteroatoms. The minimum atomic E-state index is 0.0389. The van der Waals surface area contributed by atoms with Crippen LogP contribution in [0, 0.1) is 0 Å². The topological polar surface area (TPSA) is 55.6 Å². The first kappa shape index (κ1) is 10.4. The molecule has 0 atom stereocenters. The maximum absolute atomic E-state index is 11.2. The van der Waals surface area contributed by atoms with Gasteiger partial charge in [0.2, 0.25) is 0 Å². The highest BCUT2D eigenvalue weighted by Gasteiger charge is 2.17. The summed E-state index contributed by atoms with van der Waals surface area (Å²) in [7, 11) is 0. The Morgan fingerprint density at radius 3 is 2.73 bits per heavy atom. The van der Waals surface area contributed by atoms with Crippen LogP contribution in [0.25, 0.3) is 0 Å². The zero-order valence-electron chi connectivity index (χ0n) is 8.66. The smallest absolute Gasteiger partial charge is 0.171 e. The van der Waals surface area contributed by atoms with Crippen LogP contribution in [0.3, 0.4) is 0 Å². The fourth-order valence-corrected chi connectivity index (χ4v) is 2.63.